The Bertz CT molecular complexity index is 393. The molecule has 86 valence electrons. The Morgan fingerprint density at radius 2 is 1.88 bits per heavy atom. The fourth-order valence-corrected chi connectivity index (χ4v) is 3.41. The number of alkyl halides is 3. The van der Waals surface area contributed by atoms with E-state index >= 15 is 0 Å². The number of hydrogen-bond donors (Lipinski definition) is 0. The minimum atomic E-state index is -1.48. The lowest BCUT2D eigenvalue weighted by Gasteiger charge is -2.28. The molecule has 0 radical (unpaired) electrons. The van der Waals surface area contributed by atoms with Gasteiger partial charge in [-0.1, -0.05) is 53.0 Å². The lowest BCUT2D eigenvalue weighted by Crippen LogP contribution is -2.40. The molecule has 0 unspecified atom stereocenters. The van der Waals surface area contributed by atoms with Crippen molar-refractivity contribution in [2.24, 2.45) is 0 Å². The number of carbonyl (C=O) groups excluding carboxylic acids is 1. The molecule has 0 N–H and O–H groups in total. The lowest BCUT2D eigenvalue weighted by atomic mass is 10.3. The summed E-state index contributed by atoms with van der Waals surface area (Å²) in [5.41, 5.74) is 0.758. The summed E-state index contributed by atoms with van der Waals surface area (Å²) in [4.78, 5) is 13.3. The Morgan fingerprint density at radius 3 is 2.44 bits per heavy atom. The summed E-state index contributed by atoms with van der Waals surface area (Å²) in [5.74, 6) is 0.306. The van der Waals surface area contributed by atoms with Gasteiger partial charge in [-0.15, -0.1) is 11.8 Å². The van der Waals surface area contributed by atoms with E-state index < -0.39 is 9.17 Å². The van der Waals surface area contributed by atoms with Gasteiger partial charge in [0.15, 0.2) is 0 Å². The van der Waals surface area contributed by atoms with Gasteiger partial charge in [-0.2, -0.15) is 0 Å². The Morgan fingerprint density at radius 1 is 1.25 bits per heavy atom. The van der Waals surface area contributed by atoms with Crippen molar-refractivity contribution in [2.75, 3.05) is 10.7 Å². The van der Waals surface area contributed by atoms with Crippen molar-refractivity contribution in [3.63, 3.8) is 0 Å². The number of thioether (sulfide) groups is 1. The molecular formula is C10H8Cl3NOS. The van der Waals surface area contributed by atoms with Gasteiger partial charge in [-0.25, -0.2) is 0 Å². The molecule has 16 heavy (non-hydrogen) atoms. The predicted octanol–water partition coefficient (Wildman–Crippen LogP) is 3.46. The molecule has 2 nitrogen and oxygen atoms in total. The molecule has 1 heterocycles. The molecule has 0 bridgehead atoms. The van der Waals surface area contributed by atoms with Gasteiger partial charge in [0.05, 0.1) is 5.75 Å². The molecule has 1 aliphatic rings. The number of para-hydroxylation sites is 1. The SMILES string of the molecule is O=C1CS[C@H](C(Cl)(Cl)Cl)N1c1ccccc1. The minimum Gasteiger partial charge on any atom is -0.295 e. The summed E-state index contributed by atoms with van der Waals surface area (Å²) < 4.78 is -1.48. The second kappa shape index (κ2) is 4.65. The van der Waals surface area contributed by atoms with Gasteiger partial charge in [0.25, 0.3) is 0 Å². The van der Waals surface area contributed by atoms with Gasteiger partial charge in [-0.05, 0) is 12.1 Å². The van der Waals surface area contributed by atoms with Crippen LogP contribution in [0.4, 0.5) is 5.69 Å². The van der Waals surface area contributed by atoms with Crippen molar-refractivity contribution in [3.8, 4) is 0 Å². The first kappa shape index (κ1) is 12.4. The molecule has 1 aromatic carbocycles. The molecule has 0 aliphatic carbocycles. The molecule has 1 aliphatic heterocycles. The van der Waals surface area contributed by atoms with E-state index in [0.29, 0.717) is 5.75 Å². The van der Waals surface area contributed by atoms with E-state index in [1.807, 2.05) is 30.3 Å². The van der Waals surface area contributed by atoms with Crippen LogP contribution in [0, 0.1) is 0 Å². The molecule has 1 atom stereocenters. The monoisotopic (exact) mass is 295 g/mol. The molecule has 6 heteroatoms. The number of benzene rings is 1. The third kappa shape index (κ3) is 2.43. The Labute approximate surface area is 113 Å². The van der Waals surface area contributed by atoms with Crippen molar-refractivity contribution in [2.45, 2.75) is 9.17 Å². The fraction of sp³-hybridized carbons (Fsp3) is 0.300. The van der Waals surface area contributed by atoms with Crippen molar-refractivity contribution >= 4 is 58.2 Å². The van der Waals surface area contributed by atoms with E-state index in [9.17, 15) is 4.79 Å². The van der Waals surface area contributed by atoms with E-state index in [1.165, 1.54) is 16.7 Å². The van der Waals surface area contributed by atoms with Crippen LogP contribution in [0.3, 0.4) is 0 Å². The van der Waals surface area contributed by atoms with Crippen LogP contribution in [0.15, 0.2) is 30.3 Å². The summed E-state index contributed by atoms with van der Waals surface area (Å²) in [6.07, 6.45) is 0. The average molecular weight is 297 g/mol. The number of amides is 1. The topological polar surface area (TPSA) is 20.3 Å². The van der Waals surface area contributed by atoms with Gasteiger partial charge < -0.3 is 0 Å². The number of carbonyl (C=O) groups is 1. The highest BCUT2D eigenvalue weighted by atomic mass is 35.6. The van der Waals surface area contributed by atoms with Crippen molar-refractivity contribution in [1.29, 1.82) is 0 Å². The maximum absolute atomic E-state index is 11.8. The quantitative estimate of drug-likeness (QED) is 0.740. The van der Waals surface area contributed by atoms with Crippen LogP contribution in [0.25, 0.3) is 0 Å². The van der Waals surface area contributed by atoms with E-state index in [0.717, 1.165) is 5.69 Å². The van der Waals surface area contributed by atoms with Crippen molar-refractivity contribution in [1.82, 2.24) is 0 Å². The van der Waals surface area contributed by atoms with Crippen LogP contribution in [0.5, 0.6) is 0 Å². The highest BCUT2D eigenvalue weighted by Crippen LogP contribution is 2.44. The van der Waals surface area contributed by atoms with Gasteiger partial charge in [0, 0.05) is 5.69 Å². The van der Waals surface area contributed by atoms with Crippen LogP contribution in [0.2, 0.25) is 0 Å². The minimum absolute atomic E-state index is 0.0347. The molecule has 1 saturated heterocycles. The Balaban J connectivity index is 2.34. The maximum atomic E-state index is 11.8. The molecule has 0 aromatic heterocycles. The number of nitrogens with zero attached hydrogens (tertiary/aromatic N) is 1. The maximum Gasteiger partial charge on any atom is 0.238 e. The Hall–Kier alpha value is -0.0900. The second-order valence-electron chi connectivity index (χ2n) is 3.30. The fourth-order valence-electron chi connectivity index (χ4n) is 1.53. The molecule has 0 saturated carbocycles. The first-order valence-electron chi connectivity index (χ1n) is 4.55. The zero-order valence-corrected chi connectivity index (χ0v) is 11.2. The zero-order valence-electron chi connectivity index (χ0n) is 8.07. The number of halogens is 3. The van der Waals surface area contributed by atoms with Crippen LogP contribution >= 0.6 is 46.6 Å². The second-order valence-corrected chi connectivity index (χ2v) is 6.74. The van der Waals surface area contributed by atoms with E-state index in [4.69, 9.17) is 34.8 Å². The summed E-state index contributed by atoms with van der Waals surface area (Å²) in [6, 6.07) is 9.23. The molecule has 1 aromatic rings. The summed E-state index contributed by atoms with van der Waals surface area (Å²) in [7, 11) is 0. The molecule has 0 spiro atoms. The van der Waals surface area contributed by atoms with Gasteiger partial charge in [-0.3, -0.25) is 9.69 Å². The van der Waals surface area contributed by atoms with Crippen LogP contribution in [0.1, 0.15) is 0 Å². The van der Waals surface area contributed by atoms with Gasteiger partial charge in [0.2, 0.25) is 9.70 Å². The van der Waals surface area contributed by atoms with Crippen molar-refractivity contribution in [3.05, 3.63) is 30.3 Å². The van der Waals surface area contributed by atoms with E-state index in [1.54, 1.807) is 0 Å². The predicted molar refractivity (Wildman–Crippen MR) is 70.5 cm³/mol. The third-order valence-electron chi connectivity index (χ3n) is 2.18. The standard InChI is InChI=1S/C10H8Cl3NOS/c11-10(12,13)9-14(8(15)6-16-9)7-4-2-1-3-5-7/h1-5,9H,6H2/t9-/m1/s1. The Kier molecular flexibility index (Phi) is 3.59. The van der Waals surface area contributed by atoms with Crippen LogP contribution < -0.4 is 4.90 Å². The molecule has 1 fully saturated rings. The number of anilines is 1. The highest BCUT2D eigenvalue weighted by Gasteiger charge is 2.45. The first-order chi connectivity index (χ1) is 7.50. The molecular weight excluding hydrogens is 289 g/mol. The van der Waals surface area contributed by atoms with Gasteiger partial charge in [0.1, 0.15) is 5.37 Å². The van der Waals surface area contributed by atoms with Gasteiger partial charge >= 0.3 is 0 Å². The third-order valence-corrected chi connectivity index (χ3v) is 4.48. The average Bonchev–Trinajstić information content (AvgIpc) is 2.61. The number of rotatable bonds is 1. The van der Waals surface area contributed by atoms with Crippen molar-refractivity contribution < 1.29 is 4.79 Å². The number of hydrogen-bond acceptors (Lipinski definition) is 2. The van der Waals surface area contributed by atoms with Crippen LogP contribution in [-0.4, -0.2) is 20.8 Å². The molecule has 1 amide bonds. The van der Waals surface area contributed by atoms with E-state index in [-0.39, 0.29) is 5.91 Å². The largest absolute Gasteiger partial charge is 0.295 e. The smallest absolute Gasteiger partial charge is 0.238 e. The first-order valence-corrected chi connectivity index (χ1v) is 6.74. The lowest BCUT2D eigenvalue weighted by molar-refractivity contribution is -0.115. The normalized spacial score (nSPS) is 21.6. The zero-order chi connectivity index (χ0) is 11.8. The highest BCUT2D eigenvalue weighted by molar-refractivity contribution is 8.01. The summed E-state index contributed by atoms with van der Waals surface area (Å²) in [5, 5.41) is -0.465. The molecule has 2 rings (SSSR count). The van der Waals surface area contributed by atoms with Crippen LogP contribution in [-0.2, 0) is 4.79 Å². The summed E-state index contributed by atoms with van der Waals surface area (Å²) in [6.45, 7) is 0. The summed E-state index contributed by atoms with van der Waals surface area (Å²) >= 11 is 18.9. The van der Waals surface area contributed by atoms with E-state index in [2.05, 4.69) is 0 Å².